The predicted molar refractivity (Wildman–Crippen MR) is 120 cm³/mol. The second kappa shape index (κ2) is 9.37. The normalized spacial score (nSPS) is 15.9. The highest BCUT2D eigenvalue weighted by Gasteiger charge is 2.27. The van der Waals surface area contributed by atoms with Crippen molar-refractivity contribution in [2.75, 3.05) is 32.8 Å². The molecule has 0 bridgehead atoms. The fourth-order valence-corrected chi connectivity index (χ4v) is 5.51. The van der Waals surface area contributed by atoms with Gasteiger partial charge in [0.15, 0.2) is 11.5 Å². The average molecular weight is 467 g/mol. The fraction of sp³-hybridized carbons (Fsp3) is 0.381. The van der Waals surface area contributed by atoms with Crippen LogP contribution in [0.4, 0.5) is 5.69 Å². The Morgan fingerprint density at radius 3 is 2.32 bits per heavy atom. The van der Waals surface area contributed by atoms with Gasteiger partial charge in [-0.25, -0.2) is 13.1 Å². The Labute approximate surface area is 186 Å². The summed E-state index contributed by atoms with van der Waals surface area (Å²) in [7, 11) is 0.679. The molecule has 0 unspecified atom stereocenters. The highest BCUT2D eigenvalue weighted by molar-refractivity contribution is 8.00. The van der Waals surface area contributed by atoms with E-state index in [4.69, 9.17) is 14.2 Å². The summed E-state index contributed by atoms with van der Waals surface area (Å²) in [4.78, 5) is 14.7. The number of hydrogen-bond acceptors (Lipinski definition) is 7. The third kappa shape index (κ3) is 4.91. The van der Waals surface area contributed by atoms with Crippen molar-refractivity contribution in [1.82, 2.24) is 4.72 Å². The summed E-state index contributed by atoms with van der Waals surface area (Å²) in [6.07, 6.45) is 0. The van der Waals surface area contributed by atoms with Crippen molar-refractivity contribution in [3.8, 4) is 17.2 Å². The standard InChI is InChI=1S/C21H26N2O6S2/c1-13-12-23(14(2)24)17-10-16(6-7-20(17)30-13)31(25,26)22-11-15-8-18(27-3)21(29-5)19(9-15)28-4/h6-10,13,22H,11-12H2,1-5H3/t13-/m0/s1. The number of sulfonamides is 1. The van der Waals surface area contributed by atoms with Gasteiger partial charge in [-0.15, -0.1) is 11.8 Å². The lowest BCUT2D eigenvalue weighted by Gasteiger charge is -2.32. The maximum atomic E-state index is 13.0. The summed E-state index contributed by atoms with van der Waals surface area (Å²) >= 11 is 1.63. The van der Waals surface area contributed by atoms with E-state index in [1.807, 2.05) is 6.92 Å². The molecule has 0 saturated heterocycles. The van der Waals surface area contributed by atoms with Crippen molar-refractivity contribution in [2.45, 2.75) is 35.4 Å². The zero-order valence-electron chi connectivity index (χ0n) is 18.1. The first kappa shape index (κ1) is 23.2. The zero-order chi connectivity index (χ0) is 22.8. The van der Waals surface area contributed by atoms with Crippen LogP contribution < -0.4 is 23.8 Å². The summed E-state index contributed by atoms with van der Waals surface area (Å²) in [5.74, 6) is 1.19. The van der Waals surface area contributed by atoms with Gasteiger partial charge in [0.1, 0.15) is 0 Å². The highest BCUT2D eigenvalue weighted by atomic mass is 32.2. The predicted octanol–water partition coefficient (Wildman–Crippen LogP) is 3.04. The second-order valence-electron chi connectivity index (χ2n) is 7.05. The second-order valence-corrected chi connectivity index (χ2v) is 10.3. The van der Waals surface area contributed by atoms with E-state index in [0.717, 1.165) is 4.90 Å². The molecule has 0 aliphatic carbocycles. The number of amides is 1. The number of carbonyl (C=O) groups excluding carboxylic acids is 1. The van der Waals surface area contributed by atoms with E-state index in [1.165, 1.54) is 28.3 Å². The number of fused-ring (bicyclic) bond motifs is 1. The number of ether oxygens (including phenoxy) is 3. The van der Waals surface area contributed by atoms with E-state index < -0.39 is 10.0 Å². The van der Waals surface area contributed by atoms with Crippen LogP contribution in [0.5, 0.6) is 17.2 Å². The van der Waals surface area contributed by atoms with Crippen LogP contribution in [0.1, 0.15) is 19.4 Å². The van der Waals surface area contributed by atoms with Crippen molar-refractivity contribution < 1.29 is 27.4 Å². The Morgan fingerprint density at radius 1 is 1.13 bits per heavy atom. The number of hydrogen-bond donors (Lipinski definition) is 1. The molecule has 1 N–H and O–H groups in total. The zero-order valence-corrected chi connectivity index (χ0v) is 19.7. The average Bonchev–Trinajstić information content (AvgIpc) is 2.75. The fourth-order valence-electron chi connectivity index (χ4n) is 3.38. The van der Waals surface area contributed by atoms with Gasteiger partial charge in [0.2, 0.25) is 21.7 Å². The van der Waals surface area contributed by atoms with Gasteiger partial charge in [-0.2, -0.15) is 0 Å². The van der Waals surface area contributed by atoms with Gasteiger partial charge in [-0.3, -0.25) is 4.79 Å². The van der Waals surface area contributed by atoms with Gasteiger partial charge >= 0.3 is 0 Å². The maximum Gasteiger partial charge on any atom is 0.240 e. The smallest absolute Gasteiger partial charge is 0.240 e. The molecule has 10 heteroatoms. The van der Waals surface area contributed by atoms with Crippen LogP contribution in [0.2, 0.25) is 0 Å². The third-order valence-electron chi connectivity index (χ3n) is 4.87. The molecule has 8 nitrogen and oxygen atoms in total. The lowest BCUT2D eigenvalue weighted by molar-refractivity contribution is -0.116. The monoisotopic (exact) mass is 466 g/mol. The molecule has 31 heavy (non-hydrogen) atoms. The van der Waals surface area contributed by atoms with Crippen molar-refractivity contribution in [1.29, 1.82) is 0 Å². The number of nitrogens with one attached hydrogen (secondary N) is 1. The first-order chi connectivity index (χ1) is 14.7. The molecule has 2 aromatic carbocycles. The number of benzene rings is 2. The molecule has 2 aromatic rings. The van der Waals surface area contributed by atoms with Crippen LogP contribution in [0.25, 0.3) is 0 Å². The Morgan fingerprint density at radius 2 is 1.77 bits per heavy atom. The molecule has 1 atom stereocenters. The first-order valence-corrected chi connectivity index (χ1v) is 11.9. The van der Waals surface area contributed by atoms with Crippen LogP contribution in [-0.4, -0.2) is 47.4 Å². The van der Waals surface area contributed by atoms with Crippen LogP contribution >= 0.6 is 11.8 Å². The van der Waals surface area contributed by atoms with Crippen molar-refractivity contribution >= 4 is 33.4 Å². The van der Waals surface area contributed by atoms with Gasteiger partial charge in [0.05, 0.1) is 31.9 Å². The molecule has 1 aliphatic rings. The lowest BCUT2D eigenvalue weighted by atomic mass is 10.2. The maximum absolute atomic E-state index is 13.0. The Kier molecular flexibility index (Phi) is 7.03. The molecule has 1 heterocycles. The summed E-state index contributed by atoms with van der Waals surface area (Å²) in [5, 5.41) is 0.233. The van der Waals surface area contributed by atoms with Crippen molar-refractivity contribution in [3.05, 3.63) is 35.9 Å². The molecule has 0 spiro atoms. The van der Waals surface area contributed by atoms with E-state index in [-0.39, 0.29) is 22.6 Å². The van der Waals surface area contributed by atoms with Gasteiger partial charge < -0.3 is 19.1 Å². The van der Waals surface area contributed by atoms with Crippen LogP contribution in [-0.2, 0) is 21.4 Å². The molecule has 1 aliphatic heterocycles. The molecule has 0 aromatic heterocycles. The van der Waals surface area contributed by atoms with Gasteiger partial charge in [-0.1, -0.05) is 6.92 Å². The molecule has 3 rings (SSSR count). The van der Waals surface area contributed by atoms with Crippen LogP contribution in [0.3, 0.4) is 0 Å². The van der Waals surface area contributed by atoms with Crippen molar-refractivity contribution in [2.24, 2.45) is 0 Å². The number of methoxy groups -OCH3 is 3. The van der Waals surface area contributed by atoms with E-state index >= 15 is 0 Å². The SMILES string of the molecule is COc1cc(CNS(=O)(=O)c2ccc3c(c2)N(C(C)=O)C[C@H](C)S3)cc(OC)c1OC. The number of carbonyl (C=O) groups is 1. The number of anilines is 1. The summed E-state index contributed by atoms with van der Waals surface area (Å²) in [6, 6.07) is 8.23. The van der Waals surface area contributed by atoms with Gasteiger partial charge in [-0.05, 0) is 35.9 Å². The highest BCUT2D eigenvalue weighted by Crippen LogP contribution is 2.40. The topological polar surface area (TPSA) is 94.2 Å². The minimum atomic E-state index is -3.82. The number of thioether (sulfide) groups is 1. The van der Waals surface area contributed by atoms with E-state index in [9.17, 15) is 13.2 Å². The molecule has 168 valence electrons. The summed E-state index contributed by atoms with van der Waals surface area (Å²) in [5.41, 5.74) is 1.26. The molecule has 0 radical (unpaired) electrons. The largest absolute Gasteiger partial charge is 0.493 e. The lowest BCUT2D eigenvalue weighted by Crippen LogP contribution is -2.37. The van der Waals surface area contributed by atoms with Crippen LogP contribution in [0, 0.1) is 0 Å². The van der Waals surface area contributed by atoms with E-state index in [2.05, 4.69) is 4.72 Å². The molecular weight excluding hydrogens is 440 g/mol. The molecule has 1 amide bonds. The van der Waals surface area contributed by atoms with Gasteiger partial charge in [0, 0.05) is 30.2 Å². The van der Waals surface area contributed by atoms with Crippen LogP contribution in [0.15, 0.2) is 40.1 Å². The van der Waals surface area contributed by atoms with E-state index in [1.54, 1.807) is 47.0 Å². The number of rotatable bonds is 7. The van der Waals surface area contributed by atoms with Gasteiger partial charge in [0.25, 0.3) is 0 Å². The molecule has 0 saturated carbocycles. The Hall–Kier alpha value is -2.43. The van der Waals surface area contributed by atoms with E-state index in [0.29, 0.717) is 35.0 Å². The quantitative estimate of drug-likeness (QED) is 0.670. The minimum Gasteiger partial charge on any atom is -0.493 e. The van der Waals surface area contributed by atoms with Crippen molar-refractivity contribution in [3.63, 3.8) is 0 Å². The summed E-state index contributed by atoms with van der Waals surface area (Å²) in [6.45, 7) is 4.08. The summed E-state index contributed by atoms with van der Waals surface area (Å²) < 4.78 is 44.4. The third-order valence-corrected chi connectivity index (χ3v) is 7.42. The first-order valence-electron chi connectivity index (χ1n) is 9.57. The minimum absolute atomic E-state index is 0.0261. The Balaban J connectivity index is 1.87. The number of nitrogens with zero attached hydrogens (tertiary/aromatic N) is 1. The Bertz CT molecular complexity index is 1060. The molecule has 0 fully saturated rings. The molecular formula is C21H26N2O6S2.